The van der Waals surface area contributed by atoms with E-state index >= 15 is 0 Å². The minimum Gasteiger partial charge on any atom is -0.322 e. The number of aryl methyl sites for hydroxylation is 2. The number of hydrogen-bond donors (Lipinski definition) is 1. The Balaban J connectivity index is 1.63. The summed E-state index contributed by atoms with van der Waals surface area (Å²) in [5.41, 5.74) is 3.40. The lowest BCUT2D eigenvalue weighted by Crippen LogP contribution is -2.16. The number of carbonyl (C=O) groups is 1. The van der Waals surface area contributed by atoms with Crippen LogP contribution >= 0.6 is 0 Å². The van der Waals surface area contributed by atoms with Gasteiger partial charge in [0.1, 0.15) is 0 Å². The lowest BCUT2D eigenvalue weighted by Gasteiger charge is -2.13. The van der Waals surface area contributed by atoms with E-state index in [1.807, 2.05) is 32.0 Å². The van der Waals surface area contributed by atoms with Crippen molar-refractivity contribution in [2.75, 3.05) is 5.32 Å². The zero-order chi connectivity index (χ0) is 21.5. The van der Waals surface area contributed by atoms with Crippen molar-refractivity contribution in [3.8, 4) is 5.82 Å². The van der Waals surface area contributed by atoms with Gasteiger partial charge < -0.3 is 5.32 Å². The SMILES string of the molecule is CC(C)c1c(C(=O)Nc2ccc3c(c2)CCC3)cnn1-c1ccc(C(F)(F)F)cn1. The molecule has 3 aromatic rings. The molecule has 0 aliphatic heterocycles. The molecule has 1 aliphatic carbocycles. The van der Waals surface area contributed by atoms with Crippen LogP contribution in [0.15, 0.2) is 42.7 Å². The van der Waals surface area contributed by atoms with Crippen LogP contribution in [-0.2, 0) is 19.0 Å². The lowest BCUT2D eigenvalue weighted by molar-refractivity contribution is -0.137. The van der Waals surface area contributed by atoms with Gasteiger partial charge in [-0.3, -0.25) is 4.79 Å². The summed E-state index contributed by atoms with van der Waals surface area (Å²) >= 11 is 0. The number of benzene rings is 1. The van der Waals surface area contributed by atoms with Gasteiger partial charge in [-0.1, -0.05) is 19.9 Å². The van der Waals surface area contributed by atoms with Crippen molar-refractivity contribution in [2.45, 2.75) is 45.2 Å². The van der Waals surface area contributed by atoms with E-state index in [1.54, 1.807) is 0 Å². The van der Waals surface area contributed by atoms with Crippen molar-refractivity contribution in [3.05, 3.63) is 70.7 Å². The first kappa shape index (κ1) is 20.1. The number of pyridine rings is 1. The molecule has 1 aromatic carbocycles. The topological polar surface area (TPSA) is 59.8 Å². The van der Waals surface area contributed by atoms with Gasteiger partial charge in [-0.25, -0.2) is 9.67 Å². The molecule has 1 aliphatic rings. The van der Waals surface area contributed by atoms with E-state index in [4.69, 9.17) is 0 Å². The molecule has 5 nitrogen and oxygen atoms in total. The fourth-order valence-corrected chi connectivity index (χ4v) is 3.80. The van der Waals surface area contributed by atoms with Gasteiger partial charge in [0.2, 0.25) is 0 Å². The molecule has 1 amide bonds. The van der Waals surface area contributed by atoms with Crippen LogP contribution in [0.2, 0.25) is 0 Å². The standard InChI is InChI=1S/C22H21F3N4O/c1-13(2)20-18(21(30)28-17-8-6-14-4-3-5-15(14)10-17)12-27-29(20)19-9-7-16(11-26-19)22(23,24)25/h6-13H,3-5H2,1-2H3,(H,28,30). The van der Waals surface area contributed by atoms with Crippen molar-refractivity contribution in [1.29, 1.82) is 0 Å². The van der Waals surface area contributed by atoms with Crippen molar-refractivity contribution in [1.82, 2.24) is 14.8 Å². The Morgan fingerprint density at radius 2 is 1.87 bits per heavy atom. The zero-order valence-electron chi connectivity index (χ0n) is 16.6. The minimum absolute atomic E-state index is 0.0997. The van der Waals surface area contributed by atoms with Crippen LogP contribution < -0.4 is 5.32 Å². The third-order valence-electron chi connectivity index (χ3n) is 5.25. The second kappa shape index (κ2) is 7.59. The molecule has 0 saturated carbocycles. The summed E-state index contributed by atoms with van der Waals surface area (Å²) < 4.78 is 39.9. The third kappa shape index (κ3) is 3.81. The Morgan fingerprint density at radius 3 is 2.53 bits per heavy atom. The Kier molecular flexibility index (Phi) is 5.09. The summed E-state index contributed by atoms with van der Waals surface area (Å²) in [6, 6.07) is 8.13. The zero-order valence-corrected chi connectivity index (χ0v) is 16.6. The number of anilines is 1. The third-order valence-corrected chi connectivity index (χ3v) is 5.25. The number of halogens is 3. The quantitative estimate of drug-likeness (QED) is 0.642. The van der Waals surface area contributed by atoms with Crippen molar-refractivity contribution >= 4 is 11.6 Å². The molecule has 0 atom stereocenters. The maximum absolute atomic E-state index is 12.9. The van der Waals surface area contributed by atoms with Gasteiger partial charge in [0.25, 0.3) is 5.91 Å². The molecule has 156 valence electrons. The molecule has 0 saturated heterocycles. The molecule has 0 fully saturated rings. The first-order valence-corrected chi connectivity index (χ1v) is 9.78. The van der Waals surface area contributed by atoms with Crippen molar-refractivity contribution < 1.29 is 18.0 Å². The number of nitrogens with zero attached hydrogens (tertiary/aromatic N) is 3. The smallest absolute Gasteiger partial charge is 0.322 e. The van der Waals surface area contributed by atoms with E-state index < -0.39 is 11.7 Å². The predicted molar refractivity (Wildman–Crippen MR) is 107 cm³/mol. The molecule has 30 heavy (non-hydrogen) atoms. The van der Waals surface area contributed by atoms with Crippen LogP contribution in [0.3, 0.4) is 0 Å². The van der Waals surface area contributed by atoms with Gasteiger partial charge in [0.15, 0.2) is 5.82 Å². The molecule has 8 heteroatoms. The molecule has 4 rings (SSSR count). The van der Waals surface area contributed by atoms with Crippen LogP contribution in [0.5, 0.6) is 0 Å². The summed E-state index contributed by atoms with van der Waals surface area (Å²) in [6.07, 6.45) is 0.930. The Morgan fingerprint density at radius 1 is 1.10 bits per heavy atom. The van der Waals surface area contributed by atoms with Gasteiger partial charge in [0.05, 0.1) is 23.0 Å². The summed E-state index contributed by atoms with van der Waals surface area (Å²) in [7, 11) is 0. The van der Waals surface area contributed by atoms with E-state index in [-0.39, 0.29) is 17.6 Å². The molecule has 0 bridgehead atoms. The van der Waals surface area contributed by atoms with Crippen LogP contribution in [0, 0.1) is 0 Å². The van der Waals surface area contributed by atoms with Gasteiger partial charge in [-0.2, -0.15) is 18.3 Å². The number of aromatic nitrogens is 3. The van der Waals surface area contributed by atoms with Crippen LogP contribution in [0.1, 0.15) is 58.9 Å². The molecule has 1 N–H and O–H groups in total. The van der Waals surface area contributed by atoms with Gasteiger partial charge in [-0.15, -0.1) is 0 Å². The Labute approximate surface area is 171 Å². The van der Waals surface area contributed by atoms with E-state index in [0.717, 1.165) is 37.2 Å². The Bertz CT molecular complexity index is 1080. The number of carbonyl (C=O) groups excluding carboxylic acids is 1. The van der Waals surface area contributed by atoms with Gasteiger partial charge in [0, 0.05) is 11.9 Å². The number of alkyl halides is 3. The predicted octanol–water partition coefficient (Wildman–Crippen LogP) is 5.15. The molecule has 2 heterocycles. The minimum atomic E-state index is -4.46. The number of fused-ring (bicyclic) bond motifs is 1. The number of amides is 1. The second-order valence-corrected chi connectivity index (χ2v) is 7.70. The first-order chi connectivity index (χ1) is 14.2. The number of nitrogens with one attached hydrogen (secondary N) is 1. The van der Waals surface area contributed by atoms with Crippen LogP contribution in [-0.4, -0.2) is 20.7 Å². The maximum atomic E-state index is 12.9. The fraction of sp³-hybridized carbons (Fsp3) is 0.318. The molecule has 0 radical (unpaired) electrons. The second-order valence-electron chi connectivity index (χ2n) is 7.70. The number of hydrogen-bond acceptors (Lipinski definition) is 3. The maximum Gasteiger partial charge on any atom is 0.417 e. The van der Waals surface area contributed by atoms with E-state index in [2.05, 4.69) is 15.4 Å². The summed E-state index contributed by atoms with van der Waals surface area (Å²) in [5.74, 6) is -0.185. The summed E-state index contributed by atoms with van der Waals surface area (Å²) in [4.78, 5) is 16.8. The summed E-state index contributed by atoms with van der Waals surface area (Å²) in [6.45, 7) is 3.79. The highest BCUT2D eigenvalue weighted by molar-refractivity contribution is 6.05. The first-order valence-electron chi connectivity index (χ1n) is 9.78. The highest BCUT2D eigenvalue weighted by atomic mass is 19.4. The van der Waals surface area contributed by atoms with Gasteiger partial charge in [-0.05, 0) is 60.6 Å². The van der Waals surface area contributed by atoms with Crippen LogP contribution in [0.4, 0.5) is 18.9 Å². The van der Waals surface area contributed by atoms with E-state index in [0.29, 0.717) is 11.3 Å². The van der Waals surface area contributed by atoms with Crippen molar-refractivity contribution in [3.63, 3.8) is 0 Å². The molecule has 2 aromatic heterocycles. The van der Waals surface area contributed by atoms with Crippen LogP contribution in [0.25, 0.3) is 5.82 Å². The normalized spacial score (nSPS) is 13.5. The van der Waals surface area contributed by atoms with Gasteiger partial charge >= 0.3 is 6.18 Å². The molecular weight excluding hydrogens is 393 g/mol. The highest BCUT2D eigenvalue weighted by Crippen LogP contribution is 2.30. The Hall–Kier alpha value is -3.16. The van der Waals surface area contributed by atoms with E-state index in [9.17, 15) is 18.0 Å². The largest absolute Gasteiger partial charge is 0.417 e. The number of rotatable bonds is 4. The average molecular weight is 414 g/mol. The fourth-order valence-electron chi connectivity index (χ4n) is 3.80. The molecule has 0 spiro atoms. The lowest BCUT2D eigenvalue weighted by atomic mass is 10.0. The highest BCUT2D eigenvalue weighted by Gasteiger charge is 2.31. The summed E-state index contributed by atoms with van der Waals surface area (Å²) in [5, 5.41) is 7.15. The van der Waals surface area contributed by atoms with E-state index in [1.165, 1.54) is 28.1 Å². The monoisotopic (exact) mass is 414 g/mol. The average Bonchev–Trinajstić information content (AvgIpc) is 3.34. The molecular formula is C22H21F3N4O. The van der Waals surface area contributed by atoms with Crippen molar-refractivity contribution in [2.24, 2.45) is 0 Å². The molecule has 0 unspecified atom stereocenters.